The molecule has 0 saturated heterocycles. The van der Waals surface area contributed by atoms with Crippen LogP contribution >= 0.6 is 0 Å². The summed E-state index contributed by atoms with van der Waals surface area (Å²) in [5.41, 5.74) is 2.09. The first-order chi connectivity index (χ1) is 9.02. The molecule has 104 valence electrons. The van der Waals surface area contributed by atoms with Crippen molar-refractivity contribution in [3.8, 4) is 5.75 Å². The monoisotopic (exact) mass is 262 g/mol. The largest absolute Gasteiger partial charge is 0.494 e. The van der Waals surface area contributed by atoms with Gasteiger partial charge in [-0.05, 0) is 55.0 Å². The van der Waals surface area contributed by atoms with Crippen molar-refractivity contribution in [2.24, 2.45) is 5.92 Å². The van der Waals surface area contributed by atoms with Crippen LogP contribution in [0.3, 0.4) is 0 Å². The van der Waals surface area contributed by atoms with Crippen molar-refractivity contribution >= 4 is 12.0 Å². The quantitative estimate of drug-likeness (QED) is 0.761. The highest BCUT2D eigenvalue weighted by atomic mass is 16.5. The van der Waals surface area contributed by atoms with Gasteiger partial charge in [0, 0.05) is 6.08 Å². The molecule has 0 spiro atoms. The molecule has 1 aromatic carbocycles. The molecule has 0 atom stereocenters. The Hall–Kier alpha value is -1.77. The Morgan fingerprint density at radius 2 is 2.16 bits per heavy atom. The maximum Gasteiger partial charge on any atom is 0.328 e. The molecular formula is C16H22O3. The molecule has 0 heterocycles. The number of carbonyl (C=O) groups is 1. The van der Waals surface area contributed by atoms with Crippen molar-refractivity contribution in [1.82, 2.24) is 0 Å². The van der Waals surface area contributed by atoms with Crippen LogP contribution in [-0.2, 0) is 11.2 Å². The van der Waals surface area contributed by atoms with Crippen molar-refractivity contribution in [2.45, 2.75) is 33.6 Å². The molecule has 0 fully saturated rings. The number of rotatable bonds is 7. The third-order valence-electron chi connectivity index (χ3n) is 2.82. The van der Waals surface area contributed by atoms with E-state index in [9.17, 15) is 4.79 Å². The highest BCUT2D eigenvalue weighted by Crippen LogP contribution is 2.22. The second-order valence-electron chi connectivity index (χ2n) is 4.90. The van der Waals surface area contributed by atoms with Gasteiger partial charge in [0.25, 0.3) is 0 Å². The normalized spacial score (nSPS) is 11.2. The summed E-state index contributed by atoms with van der Waals surface area (Å²) in [7, 11) is 0. The molecular weight excluding hydrogens is 240 g/mol. The first-order valence-corrected chi connectivity index (χ1v) is 6.69. The number of aryl methyl sites for hydroxylation is 1. The molecule has 0 aromatic heterocycles. The van der Waals surface area contributed by atoms with Crippen LogP contribution in [0.5, 0.6) is 5.75 Å². The van der Waals surface area contributed by atoms with Crippen LogP contribution in [0.2, 0.25) is 0 Å². The molecule has 0 saturated carbocycles. The Morgan fingerprint density at radius 3 is 2.74 bits per heavy atom. The minimum atomic E-state index is -0.927. The summed E-state index contributed by atoms with van der Waals surface area (Å²) in [6.07, 6.45) is 4.82. The Morgan fingerprint density at radius 1 is 1.42 bits per heavy atom. The average molecular weight is 262 g/mol. The molecule has 1 rings (SSSR count). The van der Waals surface area contributed by atoms with Crippen LogP contribution in [0.1, 0.15) is 38.3 Å². The Bertz CT molecular complexity index is 447. The molecule has 19 heavy (non-hydrogen) atoms. The van der Waals surface area contributed by atoms with E-state index in [2.05, 4.69) is 13.8 Å². The summed E-state index contributed by atoms with van der Waals surface area (Å²) in [6.45, 7) is 6.94. The molecule has 0 bridgehead atoms. The second-order valence-corrected chi connectivity index (χ2v) is 4.90. The van der Waals surface area contributed by atoms with Crippen LogP contribution in [0, 0.1) is 5.92 Å². The predicted octanol–water partition coefficient (Wildman–Crippen LogP) is 3.77. The van der Waals surface area contributed by atoms with Gasteiger partial charge in [0.05, 0.1) is 6.61 Å². The molecule has 3 heteroatoms. The first kappa shape index (κ1) is 15.3. The zero-order chi connectivity index (χ0) is 14.3. The number of hydrogen-bond donors (Lipinski definition) is 1. The lowest BCUT2D eigenvalue weighted by molar-refractivity contribution is -0.131. The lowest BCUT2D eigenvalue weighted by atomic mass is 9.98. The minimum absolute atomic E-state index is 0.618. The number of aliphatic carboxylic acids is 1. The molecule has 0 aliphatic rings. The third-order valence-corrected chi connectivity index (χ3v) is 2.82. The summed E-state index contributed by atoms with van der Waals surface area (Å²) in [5, 5.41) is 8.71. The Labute approximate surface area is 114 Å². The number of carboxylic acids is 1. The van der Waals surface area contributed by atoms with E-state index in [-0.39, 0.29) is 0 Å². The zero-order valence-electron chi connectivity index (χ0n) is 11.8. The Balaban J connectivity index is 2.96. The summed E-state index contributed by atoms with van der Waals surface area (Å²) >= 11 is 0. The lowest BCUT2D eigenvalue weighted by Gasteiger charge is -2.11. The fourth-order valence-corrected chi connectivity index (χ4v) is 1.82. The SMILES string of the molecule is CCOc1ccc(C=CC(=O)O)c(CCC(C)C)c1. The van der Waals surface area contributed by atoms with Gasteiger partial charge in [-0.2, -0.15) is 0 Å². The van der Waals surface area contributed by atoms with E-state index in [4.69, 9.17) is 9.84 Å². The highest BCUT2D eigenvalue weighted by molar-refractivity contribution is 5.85. The average Bonchev–Trinajstić information content (AvgIpc) is 2.35. The molecule has 3 nitrogen and oxygen atoms in total. The molecule has 1 N–H and O–H groups in total. The third kappa shape index (κ3) is 5.60. The second kappa shape index (κ2) is 7.62. The van der Waals surface area contributed by atoms with Gasteiger partial charge in [0.2, 0.25) is 0 Å². The first-order valence-electron chi connectivity index (χ1n) is 6.69. The van der Waals surface area contributed by atoms with Crippen LogP contribution in [-0.4, -0.2) is 17.7 Å². The van der Waals surface area contributed by atoms with E-state index in [1.54, 1.807) is 6.08 Å². The highest BCUT2D eigenvalue weighted by Gasteiger charge is 2.05. The van der Waals surface area contributed by atoms with E-state index in [0.29, 0.717) is 12.5 Å². The van der Waals surface area contributed by atoms with Crippen molar-refractivity contribution in [2.75, 3.05) is 6.61 Å². The number of carboxylic acid groups (broad SMARTS) is 1. The molecule has 1 aromatic rings. The van der Waals surface area contributed by atoms with Crippen molar-refractivity contribution in [3.05, 3.63) is 35.4 Å². The van der Waals surface area contributed by atoms with Gasteiger partial charge >= 0.3 is 5.97 Å². The fourth-order valence-electron chi connectivity index (χ4n) is 1.82. The zero-order valence-corrected chi connectivity index (χ0v) is 11.8. The van der Waals surface area contributed by atoms with E-state index in [0.717, 1.165) is 29.7 Å². The molecule has 0 aliphatic heterocycles. The molecule has 0 unspecified atom stereocenters. The van der Waals surface area contributed by atoms with Gasteiger partial charge in [0.15, 0.2) is 0 Å². The van der Waals surface area contributed by atoms with Gasteiger partial charge in [-0.1, -0.05) is 19.9 Å². The number of hydrogen-bond acceptors (Lipinski definition) is 2. The predicted molar refractivity (Wildman–Crippen MR) is 77.4 cm³/mol. The van der Waals surface area contributed by atoms with Crippen molar-refractivity contribution < 1.29 is 14.6 Å². The summed E-state index contributed by atoms with van der Waals surface area (Å²) in [5.74, 6) is 0.532. The number of ether oxygens (including phenoxy) is 1. The lowest BCUT2D eigenvalue weighted by Crippen LogP contribution is -1.98. The van der Waals surface area contributed by atoms with Gasteiger partial charge in [-0.25, -0.2) is 4.79 Å². The van der Waals surface area contributed by atoms with Gasteiger partial charge < -0.3 is 9.84 Å². The van der Waals surface area contributed by atoms with E-state index >= 15 is 0 Å². The minimum Gasteiger partial charge on any atom is -0.494 e. The summed E-state index contributed by atoms with van der Waals surface area (Å²) < 4.78 is 5.49. The molecule has 0 radical (unpaired) electrons. The summed E-state index contributed by atoms with van der Waals surface area (Å²) in [4.78, 5) is 10.6. The fraction of sp³-hybridized carbons (Fsp3) is 0.438. The molecule has 0 aliphatic carbocycles. The van der Waals surface area contributed by atoms with Gasteiger partial charge in [0.1, 0.15) is 5.75 Å². The van der Waals surface area contributed by atoms with E-state index < -0.39 is 5.97 Å². The van der Waals surface area contributed by atoms with E-state index in [1.165, 1.54) is 6.08 Å². The van der Waals surface area contributed by atoms with Crippen LogP contribution in [0.25, 0.3) is 6.08 Å². The van der Waals surface area contributed by atoms with Crippen molar-refractivity contribution in [1.29, 1.82) is 0 Å². The number of benzene rings is 1. The van der Waals surface area contributed by atoms with Crippen LogP contribution < -0.4 is 4.74 Å². The molecule has 0 amide bonds. The van der Waals surface area contributed by atoms with Crippen LogP contribution in [0.4, 0.5) is 0 Å². The van der Waals surface area contributed by atoms with Crippen LogP contribution in [0.15, 0.2) is 24.3 Å². The maximum absolute atomic E-state index is 10.6. The standard InChI is InChI=1S/C16H22O3/c1-4-19-15-9-7-13(8-10-16(17)18)14(11-15)6-5-12(2)3/h7-12H,4-6H2,1-3H3,(H,17,18). The Kier molecular flexibility index (Phi) is 6.13. The maximum atomic E-state index is 10.6. The van der Waals surface area contributed by atoms with Gasteiger partial charge in [-0.15, -0.1) is 0 Å². The smallest absolute Gasteiger partial charge is 0.328 e. The topological polar surface area (TPSA) is 46.5 Å². The van der Waals surface area contributed by atoms with Crippen molar-refractivity contribution in [3.63, 3.8) is 0 Å². The van der Waals surface area contributed by atoms with E-state index in [1.807, 2.05) is 25.1 Å². The van der Waals surface area contributed by atoms with Gasteiger partial charge in [-0.3, -0.25) is 0 Å². The summed E-state index contributed by atoms with van der Waals surface area (Å²) in [6, 6.07) is 5.80.